The summed E-state index contributed by atoms with van der Waals surface area (Å²) < 4.78 is 1.94. The van der Waals surface area contributed by atoms with Gasteiger partial charge in [-0.05, 0) is 71.0 Å². The number of aryl methyl sites for hydroxylation is 3. The van der Waals surface area contributed by atoms with Crippen LogP contribution in [0.3, 0.4) is 0 Å². The molecule has 0 fully saturated rings. The number of nitrogens with zero attached hydrogens (tertiary/aromatic N) is 3. The molecule has 0 aliphatic rings. The molecule has 0 aliphatic carbocycles. The number of aliphatic hydroxyl groups is 1. The molecule has 0 bridgehead atoms. The number of imidazole rings is 1. The number of rotatable bonds is 6. The van der Waals surface area contributed by atoms with Crippen molar-refractivity contribution in [2.75, 3.05) is 0 Å². The number of fused-ring (bicyclic) bond motifs is 1. The summed E-state index contributed by atoms with van der Waals surface area (Å²) in [5, 5.41) is 13.0. The van der Waals surface area contributed by atoms with Gasteiger partial charge in [0.15, 0.2) is 0 Å². The van der Waals surface area contributed by atoms with Crippen LogP contribution in [0.25, 0.3) is 33.3 Å². The number of benzene rings is 3. The van der Waals surface area contributed by atoms with E-state index in [2.05, 4.69) is 11.1 Å². The van der Waals surface area contributed by atoms with E-state index in [0.717, 1.165) is 56.4 Å². The highest BCUT2D eigenvalue weighted by Crippen LogP contribution is 2.41. The van der Waals surface area contributed by atoms with Crippen LogP contribution in [0, 0.1) is 0 Å². The Morgan fingerprint density at radius 3 is 2.37 bits per heavy atom. The molecular formula is C28H22Cl3N3O. The Morgan fingerprint density at radius 1 is 0.886 bits per heavy atom. The largest absolute Gasteiger partial charge is 0.392 e. The van der Waals surface area contributed by atoms with Gasteiger partial charge in [0.1, 0.15) is 5.15 Å². The third kappa shape index (κ3) is 4.67. The number of hydrogen-bond acceptors (Lipinski definition) is 3. The predicted molar refractivity (Wildman–Crippen MR) is 144 cm³/mol. The van der Waals surface area contributed by atoms with Crippen LogP contribution in [0.15, 0.2) is 73.2 Å². The van der Waals surface area contributed by atoms with E-state index in [4.69, 9.17) is 39.8 Å². The topological polar surface area (TPSA) is 50.9 Å². The first-order valence-corrected chi connectivity index (χ1v) is 12.3. The number of aliphatic hydroxyl groups excluding tert-OH is 1. The summed E-state index contributed by atoms with van der Waals surface area (Å²) in [6.45, 7) is -0.106. The first kappa shape index (κ1) is 23.8. The molecule has 0 saturated heterocycles. The predicted octanol–water partition coefficient (Wildman–Crippen LogP) is 7.54. The molecule has 7 heteroatoms. The molecule has 0 amide bonds. The van der Waals surface area contributed by atoms with Crippen LogP contribution in [0.2, 0.25) is 15.2 Å². The number of halogens is 3. The van der Waals surface area contributed by atoms with E-state index < -0.39 is 0 Å². The summed E-state index contributed by atoms with van der Waals surface area (Å²) in [7, 11) is 1.94. The summed E-state index contributed by atoms with van der Waals surface area (Å²) in [4.78, 5) is 9.10. The standard InChI is InChI=1S/C28H22Cl3N3O/c1-34-16-32-14-24(34)27-22(11-5-17-3-2-4-21(30)13-17)26-23(33-28(27)31)12-8-19(15-35)25(26)18-6-9-20(29)10-7-18/h2-4,6-10,12-14,16,35H,5,11,15H2,1H3. The molecule has 5 rings (SSSR count). The Hall–Kier alpha value is -2.89. The molecule has 2 heterocycles. The second kappa shape index (κ2) is 10.00. The van der Waals surface area contributed by atoms with E-state index in [1.807, 2.05) is 66.2 Å². The second-order valence-corrected chi connectivity index (χ2v) is 9.67. The Balaban J connectivity index is 1.82. The van der Waals surface area contributed by atoms with Crippen molar-refractivity contribution in [2.45, 2.75) is 19.4 Å². The normalized spacial score (nSPS) is 11.3. The van der Waals surface area contributed by atoms with E-state index in [1.165, 1.54) is 0 Å². The molecule has 3 aromatic carbocycles. The molecule has 2 aromatic heterocycles. The van der Waals surface area contributed by atoms with Gasteiger partial charge >= 0.3 is 0 Å². The SMILES string of the molecule is Cn1cncc1-c1c(Cl)nc2ccc(CO)c(-c3ccc(Cl)cc3)c2c1CCc1cccc(Cl)c1. The van der Waals surface area contributed by atoms with Gasteiger partial charge in [-0.3, -0.25) is 0 Å². The van der Waals surface area contributed by atoms with Crippen LogP contribution in [0.1, 0.15) is 16.7 Å². The van der Waals surface area contributed by atoms with Crippen LogP contribution in [-0.2, 0) is 26.5 Å². The van der Waals surface area contributed by atoms with Crippen molar-refractivity contribution in [3.63, 3.8) is 0 Å². The van der Waals surface area contributed by atoms with Gasteiger partial charge in [-0.1, -0.05) is 65.1 Å². The zero-order chi connectivity index (χ0) is 24.5. The van der Waals surface area contributed by atoms with Crippen LogP contribution in [0.5, 0.6) is 0 Å². The van der Waals surface area contributed by atoms with Gasteiger partial charge in [-0.2, -0.15) is 0 Å². The lowest BCUT2D eigenvalue weighted by molar-refractivity contribution is 0.282. The zero-order valence-corrected chi connectivity index (χ0v) is 21.2. The quantitative estimate of drug-likeness (QED) is 0.234. The van der Waals surface area contributed by atoms with Gasteiger partial charge in [-0.15, -0.1) is 0 Å². The van der Waals surface area contributed by atoms with Gasteiger partial charge in [0.25, 0.3) is 0 Å². The molecule has 0 atom stereocenters. The van der Waals surface area contributed by atoms with E-state index in [-0.39, 0.29) is 6.61 Å². The van der Waals surface area contributed by atoms with Crippen LogP contribution in [-0.4, -0.2) is 19.6 Å². The number of pyridine rings is 1. The minimum atomic E-state index is -0.106. The Morgan fingerprint density at radius 2 is 1.69 bits per heavy atom. The molecule has 5 aromatic rings. The first-order valence-electron chi connectivity index (χ1n) is 11.2. The maximum Gasteiger partial charge on any atom is 0.139 e. The average Bonchev–Trinajstić information content (AvgIpc) is 3.27. The molecular weight excluding hydrogens is 501 g/mol. The molecule has 1 N–H and O–H groups in total. The first-order chi connectivity index (χ1) is 17.0. The zero-order valence-electron chi connectivity index (χ0n) is 19.0. The Kier molecular flexibility index (Phi) is 6.81. The van der Waals surface area contributed by atoms with Crippen molar-refractivity contribution < 1.29 is 5.11 Å². The molecule has 176 valence electrons. The van der Waals surface area contributed by atoms with E-state index >= 15 is 0 Å². The maximum absolute atomic E-state index is 10.3. The highest BCUT2D eigenvalue weighted by molar-refractivity contribution is 6.33. The van der Waals surface area contributed by atoms with Gasteiger partial charge in [0.2, 0.25) is 0 Å². The van der Waals surface area contributed by atoms with Crippen LogP contribution in [0.4, 0.5) is 0 Å². The molecule has 35 heavy (non-hydrogen) atoms. The van der Waals surface area contributed by atoms with Gasteiger partial charge < -0.3 is 9.67 Å². The Bertz CT molecular complexity index is 1530. The Labute approximate surface area is 218 Å². The fraction of sp³-hybridized carbons (Fsp3) is 0.143. The molecule has 0 saturated carbocycles. The van der Waals surface area contributed by atoms with Crippen molar-refractivity contribution in [1.29, 1.82) is 0 Å². The highest BCUT2D eigenvalue weighted by Gasteiger charge is 2.22. The van der Waals surface area contributed by atoms with Gasteiger partial charge in [0, 0.05) is 28.0 Å². The summed E-state index contributed by atoms with van der Waals surface area (Å²) in [6, 6.07) is 19.3. The average molecular weight is 523 g/mol. The number of aromatic nitrogens is 3. The smallest absolute Gasteiger partial charge is 0.139 e. The van der Waals surface area contributed by atoms with Gasteiger partial charge in [-0.25, -0.2) is 9.97 Å². The van der Waals surface area contributed by atoms with Crippen LogP contribution < -0.4 is 0 Å². The van der Waals surface area contributed by atoms with Crippen molar-refractivity contribution in [2.24, 2.45) is 7.05 Å². The minimum absolute atomic E-state index is 0.106. The lowest BCUT2D eigenvalue weighted by Crippen LogP contribution is -2.04. The maximum atomic E-state index is 10.3. The summed E-state index contributed by atoms with van der Waals surface area (Å²) in [5.41, 5.74) is 7.34. The molecule has 4 nitrogen and oxygen atoms in total. The van der Waals surface area contributed by atoms with Crippen molar-refractivity contribution in [1.82, 2.24) is 14.5 Å². The van der Waals surface area contributed by atoms with Gasteiger partial charge in [0.05, 0.1) is 30.3 Å². The fourth-order valence-electron chi connectivity index (χ4n) is 4.59. The third-order valence-electron chi connectivity index (χ3n) is 6.23. The molecule has 0 radical (unpaired) electrons. The van der Waals surface area contributed by atoms with E-state index in [0.29, 0.717) is 21.6 Å². The van der Waals surface area contributed by atoms with Crippen molar-refractivity contribution in [3.05, 3.63) is 105 Å². The summed E-state index contributed by atoms with van der Waals surface area (Å²) in [6.07, 6.45) is 5.00. The molecule has 0 unspecified atom stereocenters. The summed E-state index contributed by atoms with van der Waals surface area (Å²) >= 11 is 19.3. The van der Waals surface area contributed by atoms with E-state index in [1.54, 1.807) is 12.5 Å². The monoisotopic (exact) mass is 521 g/mol. The van der Waals surface area contributed by atoms with Crippen molar-refractivity contribution >= 4 is 45.7 Å². The minimum Gasteiger partial charge on any atom is -0.392 e. The summed E-state index contributed by atoms with van der Waals surface area (Å²) in [5.74, 6) is 0. The lowest BCUT2D eigenvalue weighted by atomic mass is 9.88. The lowest BCUT2D eigenvalue weighted by Gasteiger charge is -2.20. The molecule has 0 spiro atoms. The van der Waals surface area contributed by atoms with E-state index in [9.17, 15) is 5.11 Å². The highest BCUT2D eigenvalue weighted by atomic mass is 35.5. The van der Waals surface area contributed by atoms with Crippen molar-refractivity contribution in [3.8, 4) is 22.4 Å². The number of hydrogen-bond donors (Lipinski definition) is 1. The second-order valence-electron chi connectivity index (χ2n) is 8.43. The third-order valence-corrected chi connectivity index (χ3v) is 6.99. The van der Waals surface area contributed by atoms with Crippen LogP contribution >= 0.6 is 34.8 Å². The molecule has 0 aliphatic heterocycles. The fourth-order valence-corrected chi connectivity index (χ4v) is 5.23.